The van der Waals surface area contributed by atoms with Crippen LogP contribution < -0.4 is 16.2 Å². The van der Waals surface area contributed by atoms with Crippen LogP contribution in [0.5, 0.6) is 0 Å². The molecule has 0 aromatic carbocycles. The molecule has 0 spiro atoms. The molecule has 1 amide bonds. The predicted molar refractivity (Wildman–Crippen MR) is 93.3 cm³/mol. The molecule has 1 aliphatic carbocycles. The van der Waals surface area contributed by atoms with Crippen LogP contribution in [0.2, 0.25) is 0 Å². The van der Waals surface area contributed by atoms with Crippen molar-refractivity contribution in [3.63, 3.8) is 0 Å². The van der Waals surface area contributed by atoms with Crippen molar-refractivity contribution < 1.29 is 9.53 Å². The van der Waals surface area contributed by atoms with E-state index < -0.39 is 16.4 Å². The second-order valence-corrected chi connectivity index (χ2v) is 6.49. The first-order valence-electron chi connectivity index (χ1n) is 6.79. The van der Waals surface area contributed by atoms with Gasteiger partial charge in [0, 0.05) is 12.8 Å². The molecule has 2 unspecified atom stereocenters. The molecule has 0 bridgehead atoms. The Labute approximate surface area is 146 Å². The average Bonchev–Trinajstić information content (AvgIpc) is 2.48. The van der Waals surface area contributed by atoms with Crippen LogP contribution in [0.3, 0.4) is 0 Å². The Balaban J connectivity index is 2.82. The van der Waals surface area contributed by atoms with Crippen LogP contribution >= 0.6 is 23.8 Å². The molecule has 23 heavy (non-hydrogen) atoms. The molecule has 0 saturated heterocycles. The lowest BCUT2D eigenvalue weighted by Gasteiger charge is -2.26. The Morgan fingerprint density at radius 3 is 2.70 bits per heavy atom. The molecule has 0 aliphatic heterocycles. The number of thiocarbonyl (C=S) groups is 1. The molecule has 3 N–H and O–H groups in total. The minimum Gasteiger partial charge on any atom is -0.370 e. The maximum Gasteiger partial charge on any atom is 0.252 e. The van der Waals surface area contributed by atoms with Gasteiger partial charge in [0.15, 0.2) is 5.11 Å². The van der Waals surface area contributed by atoms with Crippen LogP contribution in [0.1, 0.15) is 20.3 Å². The fourth-order valence-corrected chi connectivity index (χ4v) is 1.95. The molecule has 1 aliphatic rings. The lowest BCUT2D eigenvalue weighted by molar-refractivity contribution is -0.120. The molecule has 0 radical (unpaired) electrons. The highest BCUT2D eigenvalue weighted by Crippen LogP contribution is 2.25. The summed E-state index contributed by atoms with van der Waals surface area (Å²) in [6, 6.07) is 1.74. The highest BCUT2D eigenvalue weighted by Gasteiger charge is 2.23. The third kappa shape index (κ3) is 6.82. The number of rotatable bonds is 3. The van der Waals surface area contributed by atoms with Crippen molar-refractivity contribution in [3.8, 4) is 6.07 Å². The van der Waals surface area contributed by atoms with Gasteiger partial charge in [0.05, 0.1) is 10.9 Å². The molecule has 0 heterocycles. The Morgan fingerprint density at radius 2 is 2.09 bits per heavy atom. The largest absolute Gasteiger partial charge is 0.370 e. The zero-order valence-corrected chi connectivity index (χ0v) is 14.7. The van der Waals surface area contributed by atoms with Crippen molar-refractivity contribution >= 4 is 34.8 Å². The number of hydrazine groups is 1. The number of nitrogens with one attached hydrogen (secondary N) is 3. The second-order valence-electron chi connectivity index (χ2n) is 5.27. The number of carbonyl (C=O) groups is 1. The van der Waals surface area contributed by atoms with Gasteiger partial charge in [0.2, 0.25) is 0 Å². The van der Waals surface area contributed by atoms with Crippen LogP contribution in [0, 0.1) is 11.3 Å². The molecular formula is C15H19ClN4O2S. The summed E-state index contributed by atoms with van der Waals surface area (Å²) in [7, 11) is 1.59. The van der Waals surface area contributed by atoms with Gasteiger partial charge in [-0.3, -0.25) is 15.6 Å². The summed E-state index contributed by atoms with van der Waals surface area (Å²) in [5.74, 6) is -0.475. The number of ether oxygens (including phenoxy) is 1. The minimum atomic E-state index is -0.664. The molecule has 2 atom stereocenters. The van der Waals surface area contributed by atoms with E-state index in [1.807, 2.05) is 32.1 Å². The van der Waals surface area contributed by atoms with Gasteiger partial charge in [-0.05, 0) is 38.2 Å². The van der Waals surface area contributed by atoms with Crippen LogP contribution in [0.25, 0.3) is 0 Å². The quantitative estimate of drug-likeness (QED) is 0.310. The number of hydrogen-bond acceptors (Lipinski definition) is 4. The van der Waals surface area contributed by atoms with Gasteiger partial charge in [0.1, 0.15) is 12.0 Å². The number of nitrogens with zero attached hydrogens (tertiary/aromatic N) is 1. The molecule has 0 fully saturated rings. The van der Waals surface area contributed by atoms with Crippen molar-refractivity contribution in [1.82, 2.24) is 16.2 Å². The third-order valence-corrected chi connectivity index (χ3v) is 3.48. The average molecular weight is 355 g/mol. The lowest BCUT2D eigenvalue weighted by Crippen LogP contribution is -2.46. The SMILES string of the molecule is COC1(C)C=C(NC(=S)NNC(=O)CC#N)/C=C\C(C)(Cl)/C=C\1. The van der Waals surface area contributed by atoms with E-state index in [2.05, 4.69) is 16.2 Å². The monoisotopic (exact) mass is 354 g/mol. The Kier molecular flexibility index (Phi) is 6.76. The molecule has 0 aromatic rings. The second kappa shape index (κ2) is 8.11. The van der Waals surface area contributed by atoms with Crippen molar-refractivity contribution in [2.45, 2.75) is 30.7 Å². The first kappa shape index (κ1) is 19.2. The van der Waals surface area contributed by atoms with Crippen LogP contribution in [0.15, 0.2) is 36.1 Å². The highest BCUT2D eigenvalue weighted by atomic mass is 35.5. The number of nitriles is 1. The standard InChI is InChI=1S/C15H19ClN4O2S/c1-14(16)6-4-11(10-15(2,22-3)8-7-14)18-13(23)20-19-12(21)5-9-17/h4,6-8,10H,5H2,1-3H3,(H,19,21)(H2,18,20,23)/b6-4-,8-7-,11-10?. The van der Waals surface area contributed by atoms with E-state index in [9.17, 15) is 4.79 Å². The van der Waals surface area contributed by atoms with Gasteiger partial charge in [0.25, 0.3) is 5.91 Å². The number of amides is 1. The molecule has 124 valence electrons. The lowest BCUT2D eigenvalue weighted by atomic mass is 9.97. The van der Waals surface area contributed by atoms with Gasteiger partial charge < -0.3 is 10.1 Å². The fourth-order valence-electron chi connectivity index (χ4n) is 1.65. The maximum absolute atomic E-state index is 11.2. The fraction of sp³-hybridized carbons (Fsp3) is 0.400. The minimum absolute atomic E-state index is 0.173. The van der Waals surface area contributed by atoms with E-state index in [0.29, 0.717) is 5.70 Å². The van der Waals surface area contributed by atoms with Crippen molar-refractivity contribution in [3.05, 3.63) is 36.1 Å². The van der Waals surface area contributed by atoms with Gasteiger partial charge >= 0.3 is 0 Å². The Bertz CT molecular complexity index is 607. The van der Waals surface area contributed by atoms with Gasteiger partial charge in [-0.25, -0.2) is 0 Å². The normalized spacial score (nSPS) is 29.1. The summed E-state index contributed by atoms with van der Waals surface area (Å²) in [5.41, 5.74) is 4.82. The third-order valence-electron chi connectivity index (χ3n) is 3.02. The van der Waals surface area contributed by atoms with Gasteiger partial charge in [-0.2, -0.15) is 5.26 Å². The van der Waals surface area contributed by atoms with Crippen molar-refractivity contribution in [2.75, 3.05) is 7.11 Å². The van der Waals surface area contributed by atoms with Crippen molar-refractivity contribution in [2.24, 2.45) is 0 Å². The highest BCUT2D eigenvalue weighted by molar-refractivity contribution is 7.80. The number of halogens is 1. The zero-order chi connectivity index (χ0) is 17.5. The molecule has 6 nitrogen and oxygen atoms in total. The van der Waals surface area contributed by atoms with Crippen LogP contribution in [-0.2, 0) is 9.53 Å². The molecule has 0 aromatic heterocycles. The van der Waals surface area contributed by atoms with E-state index in [1.165, 1.54) is 0 Å². The molecule has 8 heteroatoms. The van der Waals surface area contributed by atoms with Gasteiger partial charge in [-0.1, -0.05) is 18.2 Å². The molecular weight excluding hydrogens is 336 g/mol. The predicted octanol–water partition coefficient (Wildman–Crippen LogP) is 1.81. The summed E-state index contributed by atoms with van der Waals surface area (Å²) >= 11 is 11.4. The summed E-state index contributed by atoms with van der Waals surface area (Å²) in [5, 5.41) is 11.5. The Hall–Kier alpha value is -1.88. The Morgan fingerprint density at radius 1 is 1.39 bits per heavy atom. The van der Waals surface area contributed by atoms with E-state index in [-0.39, 0.29) is 11.5 Å². The van der Waals surface area contributed by atoms with Crippen LogP contribution in [-0.4, -0.2) is 28.6 Å². The molecule has 1 rings (SSSR count). The number of methoxy groups -OCH3 is 1. The van der Waals surface area contributed by atoms with E-state index >= 15 is 0 Å². The topological polar surface area (TPSA) is 86.2 Å². The summed E-state index contributed by atoms with van der Waals surface area (Å²) in [4.78, 5) is 10.6. The van der Waals surface area contributed by atoms with E-state index in [1.54, 1.807) is 25.3 Å². The van der Waals surface area contributed by atoms with E-state index in [4.69, 9.17) is 33.8 Å². The maximum atomic E-state index is 11.2. The summed E-state index contributed by atoms with van der Waals surface area (Å²) in [6.45, 7) is 3.72. The van der Waals surface area contributed by atoms with Crippen LogP contribution in [0.4, 0.5) is 0 Å². The first-order chi connectivity index (χ1) is 10.7. The van der Waals surface area contributed by atoms with E-state index in [0.717, 1.165) is 0 Å². The summed E-state index contributed by atoms with van der Waals surface area (Å²) < 4.78 is 5.48. The number of carbonyl (C=O) groups excluding carboxylic acids is 1. The number of hydrogen-bond donors (Lipinski definition) is 3. The number of allylic oxidation sites excluding steroid dienone is 3. The van der Waals surface area contributed by atoms with Gasteiger partial charge in [-0.15, -0.1) is 11.6 Å². The summed E-state index contributed by atoms with van der Waals surface area (Å²) in [6.07, 6.45) is 8.86. The molecule has 0 saturated carbocycles. The van der Waals surface area contributed by atoms with Crippen molar-refractivity contribution in [1.29, 1.82) is 5.26 Å². The number of alkyl halides is 1. The smallest absolute Gasteiger partial charge is 0.252 e. The zero-order valence-electron chi connectivity index (χ0n) is 13.1. The first-order valence-corrected chi connectivity index (χ1v) is 7.58.